The zero-order valence-corrected chi connectivity index (χ0v) is 26.9. The molecule has 0 unspecified atom stereocenters. The predicted molar refractivity (Wildman–Crippen MR) is 179 cm³/mol. The Kier molecular flexibility index (Phi) is 11.4. The maximum absolute atomic E-state index is 13.2. The number of carbonyl (C=O) groups excluding carboxylic acids is 4. The van der Waals surface area contributed by atoms with Gasteiger partial charge in [-0.2, -0.15) is 0 Å². The maximum atomic E-state index is 13.2. The molecule has 4 N–H and O–H groups in total. The number of aromatic carboxylic acids is 2. The number of benzene rings is 4. The van der Waals surface area contributed by atoms with E-state index in [-0.39, 0.29) is 41.3 Å². The van der Waals surface area contributed by atoms with Gasteiger partial charge in [-0.1, -0.05) is 42.5 Å². The number of hydrogen-bond acceptors (Lipinski definition) is 7. The van der Waals surface area contributed by atoms with Gasteiger partial charge in [-0.15, -0.1) is 0 Å². The van der Waals surface area contributed by atoms with Crippen LogP contribution in [-0.4, -0.2) is 69.9 Å². The lowest BCUT2D eigenvalue weighted by Gasteiger charge is -2.18. The number of ether oxygens (including phenoxy) is 1. The first-order chi connectivity index (χ1) is 23.3. The zero-order valence-electron chi connectivity index (χ0n) is 26.9. The first-order valence-corrected chi connectivity index (χ1v) is 14.9. The van der Waals surface area contributed by atoms with Crippen molar-refractivity contribution >= 4 is 47.1 Å². The van der Waals surface area contributed by atoms with E-state index in [9.17, 15) is 39.0 Å². The van der Waals surface area contributed by atoms with Crippen molar-refractivity contribution in [1.29, 1.82) is 0 Å². The standard InChI is InChI=1S/C36H34N4O9/c1-22(41)39(2)19-23-8-6-11-27(16-23)38-33(43)31-18-25(14-15-30(31)35(46)47)21-49-36(48)40(3)20-24-9-7-10-26(17-24)37-32(42)28-12-4-5-13-29(28)34(44)45/h4-18H,19-21H2,1-3H3,(H,37,42)(H,38,43)(H,44,45)(H,46,47). The Bertz CT molecular complexity index is 1920. The molecule has 0 aromatic heterocycles. The largest absolute Gasteiger partial charge is 0.478 e. The van der Waals surface area contributed by atoms with Gasteiger partial charge in [-0.25, -0.2) is 14.4 Å². The van der Waals surface area contributed by atoms with Crippen LogP contribution in [0.15, 0.2) is 91.0 Å². The molecule has 0 saturated carbocycles. The number of anilines is 2. The molecule has 0 fully saturated rings. The Balaban J connectivity index is 1.39. The van der Waals surface area contributed by atoms with Crippen LogP contribution in [0.1, 0.15) is 65.0 Å². The molecule has 0 saturated heterocycles. The Morgan fingerprint density at radius 3 is 1.65 bits per heavy atom. The van der Waals surface area contributed by atoms with Crippen LogP contribution in [0.25, 0.3) is 0 Å². The summed E-state index contributed by atoms with van der Waals surface area (Å²) < 4.78 is 5.43. The Morgan fingerprint density at radius 2 is 1.10 bits per heavy atom. The molecule has 252 valence electrons. The highest BCUT2D eigenvalue weighted by Gasteiger charge is 2.20. The van der Waals surface area contributed by atoms with Crippen LogP contribution >= 0.6 is 0 Å². The molecule has 0 aliphatic rings. The predicted octanol–water partition coefficient (Wildman–Crippen LogP) is 5.33. The van der Waals surface area contributed by atoms with Gasteiger partial charge in [0.25, 0.3) is 11.8 Å². The van der Waals surface area contributed by atoms with Crippen molar-refractivity contribution in [2.45, 2.75) is 26.6 Å². The van der Waals surface area contributed by atoms with Gasteiger partial charge in [-0.05, 0) is 65.2 Å². The fourth-order valence-electron chi connectivity index (χ4n) is 4.79. The third kappa shape index (κ3) is 9.51. The second-order valence-corrected chi connectivity index (χ2v) is 11.1. The van der Waals surface area contributed by atoms with Crippen LogP contribution in [0.5, 0.6) is 0 Å². The Morgan fingerprint density at radius 1 is 0.592 bits per heavy atom. The first kappa shape index (κ1) is 35.4. The van der Waals surface area contributed by atoms with Crippen molar-refractivity contribution in [3.05, 3.63) is 130 Å². The van der Waals surface area contributed by atoms with E-state index in [0.717, 1.165) is 5.56 Å². The number of carbonyl (C=O) groups is 6. The third-order valence-electron chi connectivity index (χ3n) is 7.38. The molecule has 13 heteroatoms. The molecule has 4 aromatic carbocycles. The van der Waals surface area contributed by atoms with Gasteiger partial charge in [-0.3, -0.25) is 14.4 Å². The number of rotatable bonds is 12. The van der Waals surface area contributed by atoms with Gasteiger partial charge in [0.15, 0.2) is 0 Å². The molecule has 0 radical (unpaired) electrons. The van der Waals surface area contributed by atoms with E-state index in [2.05, 4.69) is 10.6 Å². The van der Waals surface area contributed by atoms with Crippen molar-refractivity contribution in [2.24, 2.45) is 0 Å². The fraction of sp³-hybridized carbons (Fsp3) is 0.167. The van der Waals surface area contributed by atoms with Crippen molar-refractivity contribution in [2.75, 3.05) is 24.7 Å². The minimum Gasteiger partial charge on any atom is -0.478 e. The first-order valence-electron chi connectivity index (χ1n) is 14.9. The highest BCUT2D eigenvalue weighted by Crippen LogP contribution is 2.20. The van der Waals surface area contributed by atoms with Crippen LogP contribution in [-0.2, 0) is 29.2 Å². The van der Waals surface area contributed by atoms with Crippen molar-refractivity contribution in [1.82, 2.24) is 9.80 Å². The van der Waals surface area contributed by atoms with E-state index >= 15 is 0 Å². The lowest BCUT2D eigenvalue weighted by Crippen LogP contribution is -2.27. The number of hydrogen-bond donors (Lipinski definition) is 4. The summed E-state index contributed by atoms with van der Waals surface area (Å²) >= 11 is 0. The molecule has 49 heavy (non-hydrogen) atoms. The highest BCUT2D eigenvalue weighted by molar-refractivity contribution is 6.11. The molecular weight excluding hydrogens is 632 g/mol. The van der Waals surface area contributed by atoms with Crippen LogP contribution in [0.4, 0.5) is 16.2 Å². The average molecular weight is 667 g/mol. The minimum absolute atomic E-state index is 0.00140. The maximum Gasteiger partial charge on any atom is 0.410 e. The molecule has 4 rings (SSSR count). The smallest absolute Gasteiger partial charge is 0.410 e. The summed E-state index contributed by atoms with van der Waals surface area (Å²) in [6, 6.07) is 23.4. The van der Waals surface area contributed by atoms with Crippen molar-refractivity contribution in [3.8, 4) is 0 Å². The molecule has 0 aliphatic heterocycles. The summed E-state index contributed by atoms with van der Waals surface area (Å²) in [7, 11) is 3.15. The number of carboxylic acids is 2. The van der Waals surface area contributed by atoms with E-state index in [1.165, 1.54) is 60.2 Å². The fourth-order valence-corrected chi connectivity index (χ4v) is 4.79. The number of nitrogens with one attached hydrogen (secondary N) is 2. The quantitative estimate of drug-likeness (QED) is 0.155. The lowest BCUT2D eigenvalue weighted by atomic mass is 10.0. The number of nitrogens with zero attached hydrogens (tertiary/aromatic N) is 2. The topological polar surface area (TPSA) is 183 Å². The normalized spacial score (nSPS) is 10.4. The second-order valence-electron chi connectivity index (χ2n) is 11.1. The monoisotopic (exact) mass is 666 g/mol. The molecule has 0 bridgehead atoms. The Hall–Kier alpha value is -6.50. The van der Waals surface area contributed by atoms with E-state index in [4.69, 9.17) is 4.74 Å². The highest BCUT2D eigenvalue weighted by atomic mass is 16.6. The van der Waals surface area contributed by atoms with Crippen LogP contribution in [0.2, 0.25) is 0 Å². The summed E-state index contributed by atoms with van der Waals surface area (Å²) in [5, 5.41) is 24.5. The summed E-state index contributed by atoms with van der Waals surface area (Å²) in [5.41, 5.74) is 2.07. The van der Waals surface area contributed by atoms with Crippen LogP contribution in [0.3, 0.4) is 0 Å². The number of carboxylic acid groups (broad SMARTS) is 2. The summed E-state index contributed by atoms with van der Waals surface area (Å²) in [6.45, 7) is 1.61. The molecule has 4 aromatic rings. The third-order valence-corrected chi connectivity index (χ3v) is 7.38. The molecule has 13 nitrogen and oxygen atoms in total. The summed E-state index contributed by atoms with van der Waals surface area (Å²) in [5.74, 6) is -3.94. The van der Waals surface area contributed by atoms with Gasteiger partial charge in [0, 0.05) is 45.5 Å². The molecular formula is C36H34N4O9. The van der Waals surface area contributed by atoms with E-state index in [0.29, 0.717) is 29.0 Å². The van der Waals surface area contributed by atoms with Crippen LogP contribution < -0.4 is 10.6 Å². The molecule has 0 heterocycles. The van der Waals surface area contributed by atoms with Gasteiger partial charge >= 0.3 is 18.0 Å². The molecule has 0 atom stereocenters. The van der Waals surface area contributed by atoms with Crippen molar-refractivity contribution in [3.63, 3.8) is 0 Å². The van der Waals surface area contributed by atoms with Gasteiger partial charge in [0.05, 0.1) is 22.3 Å². The van der Waals surface area contributed by atoms with Gasteiger partial charge in [0.2, 0.25) is 5.91 Å². The van der Waals surface area contributed by atoms with Gasteiger partial charge < -0.3 is 35.4 Å². The Labute approximate surface area is 281 Å². The zero-order chi connectivity index (χ0) is 35.7. The number of amides is 4. The minimum atomic E-state index is -1.31. The summed E-state index contributed by atoms with van der Waals surface area (Å²) in [6.07, 6.45) is -0.703. The molecule has 4 amide bonds. The van der Waals surface area contributed by atoms with E-state index in [1.807, 2.05) is 0 Å². The van der Waals surface area contributed by atoms with E-state index < -0.39 is 29.8 Å². The van der Waals surface area contributed by atoms with Crippen LogP contribution in [0, 0.1) is 0 Å². The second kappa shape index (κ2) is 15.9. The summed E-state index contributed by atoms with van der Waals surface area (Å²) in [4.78, 5) is 76.6. The molecule has 0 spiro atoms. The van der Waals surface area contributed by atoms with Crippen molar-refractivity contribution < 1.29 is 43.7 Å². The molecule has 0 aliphatic carbocycles. The lowest BCUT2D eigenvalue weighted by molar-refractivity contribution is -0.128. The average Bonchev–Trinajstić information content (AvgIpc) is 3.07. The van der Waals surface area contributed by atoms with Gasteiger partial charge in [0.1, 0.15) is 6.61 Å². The van der Waals surface area contributed by atoms with E-state index in [1.54, 1.807) is 61.6 Å². The SMILES string of the molecule is CC(=O)N(C)Cc1cccc(NC(=O)c2cc(COC(=O)N(C)Cc3cccc(NC(=O)c4ccccc4C(=O)O)c3)ccc2C(=O)O)c1.